The molecular formula is C56H67NO19. The van der Waals surface area contributed by atoms with Gasteiger partial charge in [0.2, 0.25) is 5.91 Å². The number of rotatable bonds is 23. The molecule has 20 nitrogen and oxygen atoms in total. The monoisotopic (exact) mass is 1060 g/mol. The first-order valence-electron chi connectivity index (χ1n) is 25.1. The maximum Gasteiger partial charge on any atom is 0.303 e. The second-order valence-electron chi connectivity index (χ2n) is 18.6. The van der Waals surface area contributed by atoms with E-state index in [1.54, 1.807) is 6.92 Å². The maximum atomic E-state index is 13.2. The van der Waals surface area contributed by atoms with E-state index in [1.807, 2.05) is 121 Å². The number of aliphatic hydroxyl groups is 1. The zero-order valence-electron chi connectivity index (χ0n) is 43.2. The molecule has 2 N–H and O–H groups in total. The molecule has 3 aliphatic heterocycles. The molecule has 0 aliphatic carbocycles. The molecule has 0 bridgehead atoms. The number of esters is 4. The number of nitrogens with one attached hydrogen (secondary N) is 1. The number of hydrogen-bond donors (Lipinski definition) is 2. The largest absolute Gasteiger partial charge is 0.463 e. The molecule has 15 atom stereocenters. The predicted molar refractivity (Wildman–Crippen MR) is 266 cm³/mol. The van der Waals surface area contributed by atoms with Gasteiger partial charge in [0, 0.05) is 34.6 Å². The van der Waals surface area contributed by atoms with Crippen molar-refractivity contribution in [2.24, 2.45) is 0 Å². The van der Waals surface area contributed by atoms with Crippen LogP contribution in [0.1, 0.15) is 63.8 Å². The number of hydrogen-bond acceptors (Lipinski definition) is 19. The van der Waals surface area contributed by atoms with Gasteiger partial charge in [0.25, 0.3) is 0 Å². The predicted octanol–water partition coefficient (Wildman–Crippen LogP) is 4.78. The van der Waals surface area contributed by atoms with Crippen LogP contribution in [0.5, 0.6) is 0 Å². The van der Waals surface area contributed by atoms with Gasteiger partial charge in [-0.2, -0.15) is 0 Å². The minimum Gasteiger partial charge on any atom is -0.463 e. The highest BCUT2D eigenvalue weighted by Crippen LogP contribution is 2.38. The molecule has 76 heavy (non-hydrogen) atoms. The number of aliphatic hydroxyl groups excluding tert-OH is 1. The SMILES string of the molecule is CC(=O)N[C@@H]1[C@@H](O[C@@H]2O[C@@H](C)[C@@H](OCc3ccccc3)[C@@H](OCc3ccccc3)[C@@H]2OCc2ccccc2)[C@H](O[C@@H]2O[C@H](COC(C)=O)[C@H](OC(C)=O)[C@H](OC(C)=O)[C@H]2OC(C)=O)[C@@H](COCc2ccccc2)O[C@@H]1O. The van der Waals surface area contributed by atoms with Crippen molar-refractivity contribution in [3.05, 3.63) is 144 Å². The van der Waals surface area contributed by atoms with Crippen molar-refractivity contribution in [3.63, 3.8) is 0 Å². The summed E-state index contributed by atoms with van der Waals surface area (Å²) in [5, 5.41) is 14.7. The molecule has 3 saturated heterocycles. The summed E-state index contributed by atoms with van der Waals surface area (Å²) in [5.41, 5.74) is 3.36. The first kappa shape index (κ1) is 57.5. The normalized spacial score (nSPS) is 29.3. The molecule has 0 saturated carbocycles. The minimum atomic E-state index is -1.79. The Hall–Kier alpha value is -6.17. The highest BCUT2D eigenvalue weighted by molar-refractivity contribution is 5.73. The fourth-order valence-electron chi connectivity index (χ4n) is 9.22. The Kier molecular flexibility index (Phi) is 21.4. The Labute approximate surface area is 441 Å². The molecule has 0 radical (unpaired) electrons. The zero-order valence-corrected chi connectivity index (χ0v) is 43.2. The summed E-state index contributed by atoms with van der Waals surface area (Å²) in [7, 11) is 0. The summed E-state index contributed by atoms with van der Waals surface area (Å²) < 4.78 is 82.5. The lowest BCUT2D eigenvalue weighted by Gasteiger charge is -2.51. The highest BCUT2D eigenvalue weighted by atomic mass is 16.8. The van der Waals surface area contributed by atoms with E-state index in [4.69, 9.17) is 61.6 Å². The average Bonchev–Trinajstić information content (AvgIpc) is 3.40. The van der Waals surface area contributed by atoms with E-state index in [2.05, 4.69) is 5.32 Å². The van der Waals surface area contributed by atoms with Crippen molar-refractivity contribution < 1.29 is 90.7 Å². The quantitative estimate of drug-likeness (QED) is 0.0751. The molecule has 0 aromatic heterocycles. The van der Waals surface area contributed by atoms with Gasteiger partial charge in [-0.15, -0.1) is 0 Å². The van der Waals surface area contributed by atoms with E-state index >= 15 is 0 Å². The topological polar surface area (TPSA) is 238 Å². The molecule has 3 fully saturated rings. The van der Waals surface area contributed by atoms with Gasteiger partial charge in [0.1, 0.15) is 55.4 Å². The average molecular weight is 1060 g/mol. The number of benzene rings is 4. The number of carbonyl (C=O) groups excluding carboxylic acids is 5. The van der Waals surface area contributed by atoms with Gasteiger partial charge >= 0.3 is 23.9 Å². The van der Waals surface area contributed by atoms with E-state index < -0.39 is 128 Å². The van der Waals surface area contributed by atoms with Crippen LogP contribution in [-0.4, -0.2) is 140 Å². The van der Waals surface area contributed by atoms with Gasteiger partial charge in [-0.05, 0) is 29.2 Å². The third kappa shape index (κ3) is 16.4. The number of ether oxygens (including phenoxy) is 13. The smallest absolute Gasteiger partial charge is 0.303 e. The minimum absolute atomic E-state index is 0.0475. The molecule has 410 valence electrons. The Bertz CT molecular complexity index is 2450. The van der Waals surface area contributed by atoms with Gasteiger partial charge < -0.3 is 72.0 Å². The molecule has 0 spiro atoms. The molecule has 4 aromatic rings. The van der Waals surface area contributed by atoms with Gasteiger partial charge in [-0.25, -0.2) is 0 Å². The summed E-state index contributed by atoms with van der Waals surface area (Å²) in [4.78, 5) is 63.9. The van der Waals surface area contributed by atoms with Crippen LogP contribution >= 0.6 is 0 Å². The van der Waals surface area contributed by atoms with Crippen molar-refractivity contribution in [2.75, 3.05) is 13.2 Å². The highest BCUT2D eigenvalue weighted by Gasteiger charge is 2.58. The first-order valence-corrected chi connectivity index (χ1v) is 25.1. The van der Waals surface area contributed by atoms with E-state index in [9.17, 15) is 29.1 Å². The van der Waals surface area contributed by atoms with Crippen LogP contribution in [0.2, 0.25) is 0 Å². The Balaban J connectivity index is 1.33. The third-order valence-electron chi connectivity index (χ3n) is 12.5. The summed E-state index contributed by atoms with van der Waals surface area (Å²) in [6.45, 7) is 7.07. The summed E-state index contributed by atoms with van der Waals surface area (Å²) >= 11 is 0. The van der Waals surface area contributed by atoms with Gasteiger partial charge in [-0.3, -0.25) is 24.0 Å². The Morgan fingerprint density at radius 3 is 1.39 bits per heavy atom. The van der Waals surface area contributed by atoms with Crippen LogP contribution in [0.4, 0.5) is 0 Å². The number of amides is 1. The fraction of sp³-hybridized carbons (Fsp3) is 0.482. The Morgan fingerprint density at radius 1 is 0.461 bits per heavy atom. The molecule has 7 rings (SSSR count). The fourth-order valence-corrected chi connectivity index (χ4v) is 9.22. The summed E-state index contributed by atoms with van der Waals surface area (Å²) in [6.07, 6.45) is -19.0. The van der Waals surface area contributed by atoms with Crippen molar-refractivity contribution in [2.45, 2.75) is 160 Å². The third-order valence-corrected chi connectivity index (χ3v) is 12.5. The Morgan fingerprint density at radius 2 is 0.895 bits per heavy atom. The van der Waals surface area contributed by atoms with Gasteiger partial charge in [-0.1, -0.05) is 121 Å². The van der Waals surface area contributed by atoms with Crippen LogP contribution in [0.3, 0.4) is 0 Å². The van der Waals surface area contributed by atoms with Crippen LogP contribution in [0.15, 0.2) is 121 Å². The first-order chi connectivity index (χ1) is 36.6. The lowest BCUT2D eigenvalue weighted by Crippen LogP contribution is -2.70. The molecule has 3 aliphatic rings. The zero-order chi connectivity index (χ0) is 54.1. The maximum absolute atomic E-state index is 13.2. The second-order valence-corrected chi connectivity index (χ2v) is 18.6. The lowest BCUT2D eigenvalue weighted by atomic mass is 9.94. The molecule has 4 aromatic carbocycles. The molecule has 0 unspecified atom stereocenters. The van der Waals surface area contributed by atoms with Crippen molar-refractivity contribution in [3.8, 4) is 0 Å². The van der Waals surface area contributed by atoms with Crippen LogP contribution in [-0.2, 0) is 112 Å². The molecule has 3 heterocycles. The van der Waals surface area contributed by atoms with E-state index in [0.29, 0.717) is 0 Å². The van der Waals surface area contributed by atoms with Gasteiger partial charge in [0.05, 0.1) is 39.1 Å². The van der Waals surface area contributed by atoms with Crippen molar-refractivity contribution in [1.29, 1.82) is 0 Å². The second kappa shape index (κ2) is 28.3. The van der Waals surface area contributed by atoms with Crippen LogP contribution in [0, 0.1) is 0 Å². The standard InChI is InChI=1S/C56H67NO19/c1-33-46(66-28-40-21-13-8-14-22-40)50(67-29-41-23-15-9-16-24-41)52(68-30-42-25-17-10-18-26-42)55(69-33)76-49-45(57-34(2)58)54(63)73-43(31-64-27-39-19-11-7-12-20-39)47(49)75-56-53(72-38(6)62)51(71-37(5)61)48(70-36(4)60)44(74-56)32-65-35(3)59/h7-26,33,43-56,63H,27-32H2,1-6H3,(H,57,58)/t33-,43+,44+,45+,46+,47+,48-,49+,50+,51-,52-,53+,54-,55-,56-/m0/s1. The number of carbonyl (C=O) groups is 5. The van der Waals surface area contributed by atoms with Crippen molar-refractivity contribution >= 4 is 29.8 Å². The van der Waals surface area contributed by atoms with Crippen LogP contribution < -0.4 is 5.32 Å². The summed E-state index contributed by atoms with van der Waals surface area (Å²) in [6, 6.07) is 36.4. The van der Waals surface area contributed by atoms with E-state index in [0.717, 1.165) is 49.9 Å². The summed E-state index contributed by atoms with van der Waals surface area (Å²) in [5.74, 6) is -3.90. The molecule has 1 amide bonds. The van der Waals surface area contributed by atoms with Gasteiger partial charge in [0.15, 0.2) is 37.2 Å². The molecular weight excluding hydrogens is 991 g/mol. The lowest BCUT2D eigenvalue weighted by molar-refractivity contribution is -0.377. The molecule has 20 heteroatoms. The van der Waals surface area contributed by atoms with E-state index in [1.165, 1.54) is 6.92 Å². The van der Waals surface area contributed by atoms with Crippen molar-refractivity contribution in [1.82, 2.24) is 5.32 Å². The van der Waals surface area contributed by atoms with E-state index in [-0.39, 0.29) is 33.0 Å². The van der Waals surface area contributed by atoms with Crippen LogP contribution in [0.25, 0.3) is 0 Å².